The Bertz CT molecular complexity index is 1500. The number of carbonyl (C=O) groups excluding carboxylic acids is 1. The van der Waals surface area contributed by atoms with Crippen LogP contribution in [0.25, 0.3) is 0 Å². The number of halogens is 3. The van der Waals surface area contributed by atoms with Crippen LogP contribution in [-0.2, 0) is 34.1 Å². The van der Waals surface area contributed by atoms with Crippen molar-refractivity contribution >= 4 is 5.91 Å². The van der Waals surface area contributed by atoms with Crippen molar-refractivity contribution in [2.45, 2.75) is 62.3 Å². The van der Waals surface area contributed by atoms with E-state index in [1.807, 2.05) is 12.4 Å². The molecule has 0 spiro atoms. The van der Waals surface area contributed by atoms with Gasteiger partial charge in [-0.3, -0.25) is 14.6 Å². The lowest BCUT2D eigenvalue weighted by molar-refractivity contribution is -0.142. The first kappa shape index (κ1) is 26.6. The summed E-state index contributed by atoms with van der Waals surface area (Å²) in [6, 6.07) is 6.24. The molecule has 6 rings (SSSR count). The van der Waals surface area contributed by atoms with E-state index in [0.29, 0.717) is 29.4 Å². The van der Waals surface area contributed by atoms with Crippen LogP contribution in [-0.4, -0.2) is 50.6 Å². The second-order valence-corrected chi connectivity index (χ2v) is 10.9. The third kappa shape index (κ3) is 4.92. The van der Waals surface area contributed by atoms with E-state index in [1.165, 1.54) is 16.5 Å². The lowest BCUT2D eigenvalue weighted by atomic mass is 9.88. The standard InChI is InChI=1S/C29H29F3N4O4/c30-29(31,32)20-3-1-2-18(12-20)24(37)26(39)36-9-4-23-22(16-36)25(38)35-27(34-23)28(7-8-28)21-13-19(14-33-15-21)17-5-10-40-11-6-17/h1-3,12-15,17,24,37H,4-11,16H2,(H,34,35,38)/t24-/m1/s1. The lowest BCUT2D eigenvalue weighted by Crippen LogP contribution is -2.42. The minimum absolute atomic E-state index is 0.0827. The first-order valence-corrected chi connectivity index (χ1v) is 13.5. The Kier molecular flexibility index (Phi) is 6.74. The van der Waals surface area contributed by atoms with Gasteiger partial charge in [0.2, 0.25) is 0 Å². The molecule has 1 saturated carbocycles. The largest absolute Gasteiger partial charge is 0.416 e. The number of ether oxygens (including phenoxy) is 1. The van der Waals surface area contributed by atoms with Crippen LogP contribution in [0.2, 0.25) is 0 Å². The number of fused-ring (bicyclic) bond motifs is 1. The van der Waals surface area contributed by atoms with Gasteiger partial charge >= 0.3 is 6.18 Å². The molecule has 1 aliphatic carbocycles. The van der Waals surface area contributed by atoms with E-state index in [0.717, 1.165) is 62.7 Å². The molecule has 2 aliphatic heterocycles. The maximum Gasteiger partial charge on any atom is 0.416 e. The summed E-state index contributed by atoms with van der Waals surface area (Å²) in [5.41, 5.74) is 1.25. The zero-order valence-electron chi connectivity index (χ0n) is 21.7. The van der Waals surface area contributed by atoms with Gasteiger partial charge in [0.15, 0.2) is 6.10 Å². The summed E-state index contributed by atoms with van der Waals surface area (Å²) < 4.78 is 44.8. The molecule has 0 unspecified atom stereocenters. The number of alkyl halides is 3. The Morgan fingerprint density at radius 1 is 1.18 bits per heavy atom. The van der Waals surface area contributed by atoms with E-state index in [9.17, 15) is 27.9 Å². The summed E-state index contributed by atoms with van der Waals surface area (Å²) in [5, 5.41) is 10.6. The molecule has 0 bridgehead atoms. The van der Waals surface area contributed by atoms with Gasteiger partial charge in [0.1, 0.15) is 5.82 Å². The maximum absolute atomic E-state index is 13.2. The topological polar surface area (TPSA) is 108 Å². The molecule has 2 N–H and O–H groups in total. The fraction of sp³-hybridized carbons (Fsp3) is 0.448. The van der Waals surface area contributed by atoms with Gasteiger partial charge in [-0.1, -0.05) is 18.2 Å². The highest BCUT2D eigenvalue weighted by atomic mass is 19.4. The summed E-state index contributed by atoms with van der Waals surface area (Å²) in [7, 11) is 0. The van der Waals surface area contributed by atoms with Gasteiger partial charge in [0, 0.05) is 38.6 Å². The molecule has 40 heavy (non-hydrogen) atoms. The number of pyridine rings is 1. The molecule has 1 aromatic carbocycles. The zero-order chi connectivity index (χ0) is 28.1. The second kappa shape index (κ2) is 10.1. The fourth-order valence-corrected chi connectivity index (χ4v) is 5.80. The predicted molar refractivity (Wildman–Crippen MR) is 137 cm³/mol. The first-order valence-electron chi connectivity index (χ1n) is 13.5. The van der Waals surface area contributed by atoms with Gasteiger partial charge in [-0.2, -0.15) is 13.2 Å². The van der Waals surface area contributed by atoms with Crippen molar-refractivity contribution < 1.29 is 27.8 Å². The lowest BCUT2D eigenvalue weighted by Gasteiger charge is -2.30. The van der Waals surface area contributed by atoms with E-state index in [1.54, 1.807) is 0 Å². The fourth-order valence-electron chi connectivity index (χ4n) is 5.80. The molecule has 4 heterocycles. The predicted octanol–water partition coefficient (Wildman–Crippen LogP) is 3.78. The van der Waals surface area contributed by atoms with Gasteiger partial charge in [-0.15, -0.1) is 0 Å². The Balaban J connectivity index is 1.22. The Morgan fingerprint density at radius 3 is 2.67 bits per heavy atom. The number of benzene rings is 1. The Labute approximate surface area is 228 Å². The molecule has 0 radical (unpaired) electrons. The van der Waals surface area contributed by atoms with Crippen LogP contribution in [0.4, 0.5) is 13.2 Å². The quantitative estimate of drug-likeness (QED) is 0.497. The first-order chi connectivity index (χ1) is 19.2. The summed E-state index contributed by atoms with van der Waals surface area (Å²) in [5.74, 6) is 0.219. The number of amides is 1. The van der Waals surface area contributed by atoms with Crippen molar-refractivity contribution in [3.63, 3.8) is 0 Å². The molecule has 11 heteroatoms. The number of aromatic amines is 1. The number of nitrogens with zero attached hydrogens (tertiary/aromatic N) is 3. The number of H-pyrrole nitrogens is 1. The third-order valence-corrected chi connectivity index (χ3v) is 8.35. The molecular formula is C29H29F3N4O4. The molecule has 8 nitrogen and oxygen atoms in total. The highest BCUT2D eigenvalue weighted by Gasteiger charge is 2.49. The number of carbonyl (C=O) groups is 1. The van der Waals surface area contributed by atoms with Crippen LogP contribution in [0.3, 0.4) is 0 Å². The van der Waals surface area contributed by atoms with Gasteiger partial charge in [0.25, 0.3) is 11.5 Å². The van der Waals surface area contributed by atoms with Gasteiger partial charge in [0.05, 0.1) is 28.8 Å². The van der Waals surface area contributed by atoms with Crippen molar-refractivity contribution in [1.29, 1.82) is 0 Å². The minimum Gasteiger partial charge on any atom is -0.381 e. The van der Waals surface area contributed by atoms with Crippen LogP contribution in [0, 0.1) is 0 Å². The SMILES string of the molecule is O=C([C@H](O)c1cccc(C(F)(F)F)c1)N1CCc2nc(C3(c4cncc(C5CCOCC5)c4)CC3)[nH]c(=O)c2C1. The van der Waals surface area contributed by atoms with Crippen LogP contribution < -0.4 is 5.56 Å². The molecule has 210 valence electrons. The summed E-state index contributed by atoms with van der Waals surface area (Å²) >= 11 is 0. The molecule has 1 saturated heterocycles. The molecule has 2 aromatic heterocycles. The average molecular weight is 555 g/mol. The van der Waals surface area contributed by atoms with Crippen LogP contribution >= 0.6 is 0 Å². The van der Waals surface area contributed by atoms with E-state index in [-0.39, 0.29) is 24.2 Å². The number of aromatic nitrogens is 3. The van der Waals surface area contributed by atoms with Gasteiger partial charge < -0.3 is 19.7 Å². The molecular weight excluding hydrogens is 525 g/mol. The maximum atomic E-state index is 13.2. The summed E-state index contributed by atoms with van der Waals surface area (Å²) in [6.45, 7) is 1.57. The van der Waals surface area contributed by atoms with Crippen LogP contribution in [0.5, 0.6) is 0 Å². The molecule has 1 amide bonds. The minimum atomic E-state index is -4.60. The number of hydrogen-bond acceptors (Lipinski definition) is 6. The van der Waals surface area contributed by atoms with Crippen LogP contribution in [0.1, 0.15) is 77.0 Å². The zero-order valence-corrected chi connectivity index (χ0v) is 21.7. The van der Waals surface area contributed by atoms with E-state index in [2.05, 4.69) is 16.0 Å². The van der Waals surface area contributed by atoms with Gasteiger partial charge in [-0.25, -0.2) is 4.98 Å². The number of rotatable bonds is 5. The van der Waals surface area contributed by atoms with Crippen molar-refractivity contribution in [3.05, 3.63) is 92.4 Å². The average Bonchev–Trinajstić information content (AvgIpc) is 3.79. The molecule has 3 aliphatic rings. The van der Waals surface area contributed by atoms with Crippen molar-refractivity contribution in [3.8, 4) is 0 Å². The van der Waals surface area contributed by atoms with E-state index >= 15 is 0 Å². The van der Waals surface area contributed by atoms with E-state index in [4.69, 9.17) is 9.72 Å². The summed E-state index contributed by atoms with van der Waals surface area (Å²) in [6.07, 6.45) is 1.23. The van der Waals surface area contributed by atoms with Gasteiger partial charge in [-0.05, 0) is 60.4 Å². The highest BCUT2D eigenvalue weighted by Crippen LogP contribution is 2.52. The smallest absolute Gasteiger partial charge is 0.381 e. The Hall–Kier alpha value is -3.57. The van der Waals surface area contributed by atoms with Crippen molar-refractivity contribution in [2.75, 3.05) is 19.8 Å². The van der Waals surface area contributed by atoms with E-state index < -0.39 is 29.2 Å². The highest BCUT2D eigenvalue weighted by molar-refractivity contribution is 5.82. The molecule has 1 atom stereocenters. The third-order valence-electron chi connectivity index (χ3n) is 8.35. The summed E-state index contributed by atoms with van der Waals surface area (Å²) in [4.78, 5) is 39.8. The molecule has 3 aromatic rings. The van der Waals surface area contributed by atoms with Crippen LogP contribution in [0.15, 0.2) is 47.5 Å². The number of aliphatic hydroxyl groups is 1. The van der Waals surface area contributed by atoms with Crippen molar-refractivity contribution in [1.82, 2.24) is 19.9 Å². The van der Waals surface area contributed by atoms with Crippen molar-refractivity contribution in [2.24, 2.45) is 0 Å². The monoisotopic (exact) mass is 554 g/mol. The normalized spacial score (nSPS) is 19.6. The number of aliphatic hydroxyl groups excluding tert-OH is 1. The number of nitrogens with one attached hydrogen (secondary N) is 1. The molecule has 2 fully saturated rings. The number of hydrogen-bond donors (Lipinski definition) is 2. The Morgan fingerprint density at radius 2 is 1.95 bits per heavy atom. The second-order valence-electron chi connectivity index (χ2n) is 10.9.